The molecule has 0 aromatic heterocycles. The minimum absolute atomic E-state index is 0. The van der Waals surface area contributed by atoms with Crippen molar-refractivity contribution in [2.45, 2.75) is 13.8 Å². The fourth-order valence-corrected chi connectivity index (χ4v) is 0.719. The quantitative estimate of drug-likeness (QED) is 0.777. The van der Waals surface area contributed by atoms with Crippen molar-refractivity contribution >= 4 is 0 Å². The molecule has 54 valence electrons. The third-order valence-corrected chi connectivity index (χ3v) is 1.36. The van der Waals surface area contributed by atoms with Gasteiger partial charge in [-0.15, -0.1) is 0 Å². The summed E-state index contributed by atoms with van der Waals surface area (Å²) in [5.74, 6) is 0.384. The van der Waals surface area contributed by atoms with E-state index < -0.39 is 0 Å². The summed E-state index contributed by atoms with van der Waals surface area (Å²) >= 11 is 0. The number of phenols is 1. The SMILES string of the molecule is Cc1ccc(C)c(O)c1.[W]. The van der Waals surface area contributed by atoms with Crippen LogP contribution in [0.2, 0.25) is 0 Å². The minimum Gasteiger partial charge on any atom is -0.508 e. The summed E-state index contributed by atoms with van der Waals surface area (Å²) in [6, 6.07) is 5.65. The summed E-state index contributed by atoms with van der Waals surface area (Å²) in [5, 5.41) is 9.10. The Bertz CT molecular complexity index is 220. The van der Waals surface area contributed by atoms with Crippen LogP contribution >= 0.6 is 0 Å². The van der Waals surface area contributed by atoms with Crippen molar-refractivity contribution in [3.8, 4) is 5.75 Å². The van der Waals surface area contributed by atoms with Gasteiger partial charge < -0.3 is 5.11 Å². The van der Waals surface area contributed by atoms with Gasteiger partial charge in [0, 0.05) is 21.1 Å². The first kappa shape index (κ1) is 9.71. The van der Waals surface area contributed by atoms with Gasteiger partial charge in [0.15, 0.2) is 0 Å². The average molecular weight is 306 g/mol. The second kappa shape index (κ2) is 3.77. The number of rotatable bonds is 0. The molecule has 2 heteroatoms. The Hall–Kier alpha value is -0.292. The first-order valence-electron chi connectivity index (χ1n) is 2.96. The number of phenolic OH excluding ortho intramolecular Hbond substituents is 1. The first-order chi connectivity index (χ1) is 4.20. The van der Waals surface area contributed by atoms with Crippen molar-refractivity contribution in [2.24, 2.45) is 0 Å². The molecule has 0 heterocycles. The standard InChI is InChI=1S/C8H10O.W/c1-6-3-4-7(2)8(9)5-6;/h3-5,9H,1-2H3;. The summed E-state index contributed by atoms with van der Waals surface area (Å²) in [6.07, 6.45) is 0. The molecule has 0 atom stereocenters. The van der Waals surface area contributed by atoms with E-state index in [1.54, 1.807) is 6.07 Å². The van der Waals surface area contributed by atoms with E-state index in [1.165, 1.54) is 0 Å². The van der Waals surface area contributed by atoms with E-state index in [0.717, 1.165) is 11.1 Å². The van der Waals surface area contributed by atoms with Crippen LogP contribution in [0.4, 0.5) is 0 Å². The summed E-state index contributed by atoms with van der Waals surface area (Å²) in [4.78, 5) is 0. The second-order valence-electron chi connectivity index (χ2n) is 2.29. The van der Waals surface area contributed by atoms with E-state index in [9.17, 15) is 0 Å². The molecule has 1 nitrogen and oxygen atoms in total. The Balaban J connectivity index is 0.000000810. The Labute approximate surface area is 75.3 Å². The number of benzene rings is 1. The van der Waals surface area contributed by atoms with Crippen molar-refractivity contribution in [2.75, 3.05) is 0 Å². The molecule has 0 amide bonds. The van der Waals surface area contributed by atoms with Crippen molar-refractivity contribution in [1.82, 2.24) is 0 Å². The van der Waals surface area contributed by atoms with Crippen LogP contribution in [0.3, 0.4) is 0 Å². The van der Waals surface area contributed by atoms with E-state index in [-0.39, 0.29) is 21.1 Å². The molecule has 1 aromatic carbocycles. The zero-order valence-electron chi connectivity index (χ0n) is 6.09. The number of hydrogen-bond acceptors (Lipinski definition) is 1. The van der Waals surface area contributed by atoms with Crippen LogP contribution in [0.5, 0.6) is 5.75 Å². The fourth-order valence-electron chi connectivity index (χ4n) is 0.719. The molecule has 10 heavy (non-hydrogen) atoms. The number of aromatic hydroxyl groups is 1. The van der Waals surface area contributed by atoms with Crippen molar-refractivity contribution < 1.29 is 26.2 Å². The predicted octanol–water partition coefficient (Wildman–Crippen LogP) is 2.01. The van der Waals surface area contributed by atoms with Gasteiger partial charge in [0.05, 0.1) is 0 Å². The average Bonchev–Trinajstić information content (AvgIpc) is 1.80. The molecule has 0 fully saturated rings. The molecule has 1 N–H and O–H groups in total. The van der Waals surface area contributed by atoms with Crippen molar-refractivity contribution in [3.05, 3.63) is 29.3 Å². The maximum absolute atomic E-state index is 9.10. The zero-order valence-corrected chi connectivity index (χ0v) is 9.02. The van der Waals surface area contributed by atoms with Gasteiger partial charge in [-0.2, -0.15) is 0 Å². The predicted molar refractivity (Wildman–Crippen MR) is 37.6 cm³/mol. The third-order valence-electron chi connectivity index (χ3n) is 1.36. The van der Waals surface area contributed by atoms with E-state index in [1.807, 2.05) is 26.0 Å². The van der Waals surface area contributed by atoms with Gasteiger partial charge in [-0.25, -0.2) is 0 Å². The maximum atomic E-state index is 9.10. The maximum Gasteiger partial charge on any atom is 0.118 e. The topological polar surface area (TPSA) is 20.2 Å². The Morgan fingerprint density at radius 3 is 2.20 bits per heavy atom. The van der Waals surface area contributed by atoms with Crippen molar-refractivity contribution in [3.63, 3.8) is 0 Å². The summed E-state index contributed by atoms with van der Waals surface area (Å²) < 4.78 is 0. The van der Waals surface area contributed by atoms with Gasteiger partial charge in [0.2, 0.25) is 0 Å². The summed E-state index contributed by atoms with van der Waals surface area (Å²) in [6.45, 7) is 3.84. The molecule has 1 aromatic rings. The van der Waals surface area contributed by atoms with Crippen LogP contribution in [0, 0.1) is 13.8 Å². The Kier molecular flexibility index (Phi) is 3.66. The zero-order chi connectivity index (χ0) is 6.85. The third kappa shape index (κ3) is 2.15. The van der Waals surface area contributed by atoms with Crippen LogP contribution in [0.15, 0.2) is 18.2 Å². The van der Waals surface area contributed by atoms with Gasteiger partial charge in [0.25, 0.3) is 0 Å². The molecule has 0 unspecified atom stereocenters. The first-order valence-corrected chi connectivity index (χ1v) is 2.96. The number of aryl methyl sites for hydroxylation is 2. The molecule has 0 aliphatic heterocycles. The van der Waals surface area contributed by atoms with Gasteiger partial charge >= 0.3 is 0 Å². The molecular weight excluding hydrogens is 296 g/mol. The van der Waals surface area contributed by atoms with Crippen LogP contribution in [0.25, 0.3) is 0 Å². The van der Waals surface area contributed by atoms with Crippen LogP contribution in [0.1, 0.15) is 11.1 Å². The molecule has 0 saturated carbocycles. The smallest absolute Gasteiger partial charge is 0.118 e. The van der Waals surface area contributed by atoms with Crippen LogP contribution < -0.4 is 0 Å². The monoisotopic (exact) mass is 306 g/mol. The molecule has 0 aliphatic rings. The van der Waals surface area contributed by atoms with E-state index in [4.69, 9.17) is 5.11 Å². The molecule has 0 radical (unpaired) electrons. The molecular formula is C8H10OW. The molecule has 0 bridgehead atoms. The molecule has 0 spiro atoms. The van der Waals surface area contributed by atoms with E-state index >= 15 is 0 Å². The largest absolute Gasteiger partial charge is 0.508 e. The molecule has 0 saturated heterocycles. The normalized spacial score (nSPS) is 8.60. The fraction of sp³-hybridized carbons (Fsp3) is 0.250. The van der Waals surface area contributed by atoms with Gasteiger partial charge in [0.1, 0.15) is 5.75 Å². The molecule has 1 rings (SSSR count). The van der Waals surface area contributed by atoms with Crippen LogP contribution in [-0.4, -0.2) is 5.11 Å². The minimum atomic E-state index is 0. The van der Waals surface area contributed by atoms with Gasteiger partial charge in [-0.1, -0.05) is 12.1 Å². The summed E-state index contributed by atoms with van der Waals surface area (Å²) in [7, 11) is 0. The second-order valence-corrected chi connectivity index (χ2v) is 2.29. The van der Waals surface area contributed by atoms with Gasteiger partial charge in [-0.3, -0.25) is 0 Å². The van der Waals surface area contributed by atoms with E-state index in [2.05, 4.69) is 0 Å². The van der Waals surface area contributed by atoms with E-state index in [0.29, 0.717) is 5.75 Å². The summed E-state index contributed by atoms with van der Waals surface area (Å²) in [5.41, 5.74) is 2.03. The Morgan fingerprint density at radius 1 is 1.20 bits per heavy atom. The molecule has 0 aliphatic carbocycles. The van der Waals surface area contributed by atoms with Crippen molar-refractivity contribution in [1.29, 1.82) is 0 Å². The van der Waals surface area contributed by atoms with Crippen LogP contribution in [-0.2, 0) is 21.1 Å². The van der Waals surface area contributed by atoms with Gasteiger partial charge in [-0.05, 0) is 31.0 Å². The Morgan fingerprint density at radius 2 is 1.80 bits per heavy atom. The number of hydrogen-bond donors (Lipinski definition) is 1.